The summed E-state index contributed by atoms with van der Waals surface area (Å²) >= 11 is 0. The topological polar surface area (TPSA) is 62.7 Å². The first-order valence-corrected chi connectivity index (χ1v) is 9.52. The molecular weight excluding hydrogens is 302 g/mol. The van der Waals surface area contributed by atoms with Crippen molar-refractivity contribution in [3.63, 3.8) is 0 Å². The van der Waals surface area contributed by atoms with Gasteiger partial charge in [0, 0.05) is 45.1 Å². The van der Waals surface area contributed by atoms with E-state index >= 15 is 0 Å². The molecule has 0 aromatic carbocycles. The number of pyridine rings is 1. The van der Waals surface area contributed by atoms with Crippen LogP contribution < -0.4 is 0 Å². The first kappa shape index (κ1) is 15.9. The minimum atomic E-state index is -3.09. The van der Waals surface area contributed by atoms with Crippen LogP contribution in [0.15, 0.2) is 24.5 Å². The van der Waals surface area contributed by atoms with Gasteiger partial charge in [0.2, 0.25) is 10.0 Å². The van der Waals surface area contributed by atoms with Gasteiger partial charge in [0.25, 0.3) is 0 Å². The molecule has 2 aliphatic heterocycles. The molecule has 22 heavy (non-hydrogen) atoms. The Balaban J connectivity index is 1.61. The zero-order chi connectivity index (χ0) is 15.6. The number of hydrogen-bond donors (Lipinski definition) is 0. The van der Waals surface area contributed by atoms with Gasteiger partial charge >= 0.3 is 0 Å². The minimum absolute atomic E-state index is 0.193. The van der Waals surface area contributed by atoms with Crippen molar-refractivity contribution in [1.82, 2.24) is 14.2 Å². The van der Waals surface area contributed by atoms with Crippen molar-refractivity contribution in [1.29, 1.82) is 0 Å². The van der Waals surface area contributed by atoms with E-state index in [1.54, 1.807) is 10.5 Å². The summed E-state index contributed by atoms with van der Waals surface area (Å²) in [6, 6.07) is 4.04. The van der Waals surface area contributed by atoms with E-state index in [0.29, 0.717) is 19.7 Å². The smallest absolute Gasteiger partial charge is 0.211 e. The van der Waals surface area contributed by atoms with Gasteiger partial charge < -0.3 is 4.74 Å². The Kier molecular flexibility index (Phi) is 4.49. The number of hydrogen-bond acceptors (Lipinski definition) is 5. The standard InChI is InChI=1S/C15H23N3O3S/c1-22(19,20)18-7-4-15(5-8-18)13-17(9-10-21-15)12-14-3-2-6-16-11-14/h2-3,6,11H,4-5,7-10,12-13H2,1H3. The molecule has 0 N–H and O–H groups in total. The lowest BCUT2D eigenvalue weighted by molar-refractivity contribution is -0.131. The lowest BCUT2D eigenvalue weighted by Crippen LogP contribution is -2.57. The molecular formula is C15H23N3O3S. The van der Waals surface area contributed by atoms with Crippen LogP contribution in [0.4, 0.5) is 0 Å². The molecule has 0 aliphatic carbocycles. The van der Waals surface area contributed by atoms with Gasteiger partial charge in [-0.25, -0.2) is 12.7 Å². The number of nitrogens with zero attached hydrogens (tertiary/aromatic N) is 3. The van der Waals surface area contributed by atoms with Gasteiger partial charge in [-0.15, -0.1) is 0 Å². The van der Waals surface area contributed by atoms with Gasteiger partial charge in [0.05, 0.1) is 18.5 Å². The summed E-state index contributed by atoms with van der Waals surface area (Å²) in [6.07, 6.45) is 6.49. The monoisotopic (exact) mass is 325 g/mol. The zero-order valence-corrected chi connectivity index (χ0v) is 13.8. The second-order valence-electron chi connectivity index (χ2n) is 6.27. The third-order valence-electron chi connectivity index (χ3n) is 4.56. The Morgan fingerprint density at radius 3 is 2.73 bits per heavy atom. The number of morpholine rings is 1. The van der Waals surface area contributed by atoms with Crippen LogP contribution >= 0.6 is 0 Å². The molecule has 122 valence electrons. The number of ether oxygens (including phenoxy) is 1. The first-order chi connectivity index (χ1) is 10.5. The van der Waals surface area contributed by atoms with Crippen LogP contribution in [0.1, 0.15) is 18.4 Å². The molecule has 1 aromatic rings. The average Bonchev–Trinajstić information content (AvgIpc) is 2.48. The van der Waals surface area contributed by atoms with Crippen molar-refractivity contribution in [3.8, 4) is 0 Å². The van der Waals surface area contributed by atoms with Crippen LogP contribution in [0.2, 0.25) is 0 Å². The highest BCUT2D eigenvalue weighted by Crippen LogP contribution is 2.31. The van der Waals surface area contributed by atoms with Gasteiger partial charge in [-0.3, -0.25) is 9.88 Å². The van der Waals surface area contributed by atoms with Crippen LogP contribution in [0.3, 0.4) is 0 Å². The van der Waals surface area contributed by atoms with Crippen molar-refractivity contribution in [2.24, 2.45) is 0 Å². The molecule has 2 aliphatic rings. The van der Waals surface area contributed by atoms with Crippen LogP contribution in [-0.2, 0) is 21.3 Å². The van der Waals surface area contributed by atoms with E-state index in [-0.39, 0.29) is 5.60 Å². The summed E-state index contributed by atoms with van der Waals surface area (Å²) in [4.78, 5) is 6.55. The Morgan fingerprint density at radius 2 is 2.09 bits per heavy atom. The van der Waals surface area contributed by atoms with E-state index in [2.05, 4.69) is 16.0 Å². The summed E-state index contributed by atoms with van der Waals surface area (Å²) in [5, 5.41) is 0. The maximum atomic E-state index is 11.6. The molecule has 2 saturated heterocycles. The third kappa shape index (κ3) is 3.65. The normalized spacial score (nSPS) is 23.7. The fraction of sp³-hybridized carbons (Fsp3) is 0.667. The zero-order valence-electron chi connectivity index (χ0n) is 12.9. The highest BCUT2D eigenvalue weighted by atomic mass is 32.2. The number of rotatable bonds is 3. The maximum Gasteiger partial charge on any atom is 0.211 e. The fourth-order valence-electron chi connectivity index (χ4n) is 3.34. The fourth-order valence-corrected chi connectivity index (χ4v) is 4.18. The van der Waals surface area contributed by atoms with Crippen LogP contribution in [0, 0.1) is 0 Å². The molecule has 0 radical (unpaired) electrons. The van der Waals surface area contributed by atoms with Gasteiger partial charge in [0.15, 0.2) is 0 Å². The number of aromatic nitrogens is 1. The number of piperidine rings is 1. The Hall–Kier alpha value is -1.02. The molecule has 0 saturated carbocycles. The summed E-state index contributed by atoms with van der Waals surface area (Å²) in [6.45, 7) is 4.46. The molecule has 1 aromatic heterocycles. The van der Waals surface area contributed by atoms with Crippen molar-refractivity contribution in [2.45, 2.75) is 25.0 Å². The highest BCUT2D eigenvalue weighted by Gasteiger charge is 2.41. The van der Waals surface area contributed by atoms with Gasteiger partial charge in [-0.1, -0.05) is 6.07 Å². The van der Waals surface area contributed by atoms with Crippen LogP contribution in [0.25, 0.3) is 0 Å². The highest BCUT2D eigenvalue weighted by molar-refractivity contribution is 7.88. The molecule has 0 atom stereocenters. The van der Waals surface area contributed by atoms with Crippen molar-refractivity contribution >= 4 is 10.0 Å². The molecule has 3 heterocycles. The molecule has 1 spiro atoms. The Labute approximate surface area is 132 Å². The minimum Gasteiger partial charge on any atom is -0.372 e. The van der Waals surface area contributed by atoms with E-state index in [1.807, 2.05) is 12.3 Å². The van der Waals surface area contributed by atoms with Crippen molar-refractivity contribution in [2.75, 3.05) is 39.0 Å². The average molecular weight is 325 g/mol. The van der Waals surface area contributed by atoms with Crippen molar-refractivity contribution in [3.05, 3.63) is 30.1 Å². The second kappa shape index (κ2) is 6.23. The summed E-state index contributed by atoms with van der Waals surface area (Å²) in [5.74, 6) is 0. The molecule has 7 heteroatoms. The van der Waals surface area contributed by atoms with Gasteiger partial charge in [-0.2, -0.15) is 0 Å². The van der Waals surface area contributed by atoms with Crippen LogP contribution in [0.5, 0.6) is 0 Å². The lowest BCUT2D eigenvalue weighted by atomic mass is 9.90. The van der Waals surface area contributed by atoms with Crippen LogP contribution in [-0.4, -0.2) is 67.2 Å². The molecule has 6 nitrogen and oxygen atoms in total. The van der Waals surface area contributed by atoms with E-state index in [9.17, 15) is 8.42 Å². The Morgan fingerprint density at radius 1 is 1.32 bits per heavy atom. The summed E-state index contributed by atoms with van der Waals surface area (Å²) in [5.41, 5.74) is 1.01. The lowest BCUT2D eigenvalue weighted by Gasteiger charge is -2.46. The van der Waals surface area contributed by atoms with E-state index in [1.165, 1.54) is 11.8 Å². The molecule has 3 rings (SSSR count). The van der Waals surface area contributed by atoms with Gasteiger partial charge in [0.1, 0.15) is 0 Å². The van der Waals surface area contributed by atoms with E-state index < -0.39 is 10.0 Å². The Bertz CT molecular complexity index is 598. The van der Waals surface area contributed by atoms with Gasteiger partial charge in [-0.05, 0) is 24.5 Å². The van der Waals surface area contributed by atoms with E-state index in [4.69, 9.17) is 4.74 Å². The molecule has 0 unspecified atom stereocenters. The second-order valence-corrected chi connectivity index (χ2v) is 8.25. The largest absolute Gasteiger partial charge is 0.372 e. The quantitative estimate of drug-likeness (QED) is 0.819. The van der Waals surface area contributed by atoms with Crippen molar-refractivity contribution < 1.29 is 13.2 Å². The molecule has 0 amide bonds. The molecule has 2 fully saturated rings. The first-order valence-electron chi connectivity index (χ1n) is 7.67. The molecule has 0 bridgehead atoms. The SMILES string of the molecule is CS(=O)(=O)N1CCC2(CC1)CN(Cc1cccnc1)CCO2. The summed E-state index contributed by atoms with van der Waals surface area (Å²) < 4.78 is 30.9. The maximum absolute atomic E-state index is 11.6. The third-order valence-corrected chi connectivity index (χ3v) is 5.86. The van der Waals surface area contributed by atoms with E-state index in [0.717, 1.165) is 32.5 Å². The number of sulfonamides is 1. The summed E-state index contributed by atoms with van der Waals surface area (Å²) in [7, 11) is -3.09. The predicted molar refractivity (Wildman–Crippen MR) is 83.8 cm³/mol. The predicted octanol–water partition coefficient (Wildman–Crippen LogP) is 0.708.